The minimum atomic E-state index is -3.29. The summed E-state index contributed by atoms with van der Waals surface area (Å²) in [5.74, 6) is -1.14. The lowest BCUT2D eigenvalue weighted by atomic mass is 9.90. The molecule has 1 amide bonds. The van der Waals surface area contributed by atoms with Crippen molar-refractivity contribution in [2.45, 2.75) is 19.8 Å². The zero-order valence-electron chi connectivity index (χ0n) is 10.8. The Bertz CT molecular complexity index is 503. The van der Waals surface area contributed by atoms with E-state index in [1.54, 1.807) is 6.92 Å². The number of carbonyl (C=O) groups is 2. The highest BCUT2D eigenvalue weighted by Crippen LogP contribution is 2.30. The summed E-state index contributed by atoms with van der Waals surface area (Å²) in [6, 6.07) is 0. The fourth-order valence-electron chi connectivity index (χ4n) is 2.47. The third-order valence-electron chi connectivity index (χ3n) is 3.86. The molecule has 0 aromatic carbocycles. The van der Waals surface area contributed by atoms with E-state index >= 15 is 0 Å². The van der Waals surface area contributed by atoms with E-state index in [-0.39, 0.29) is 24.7 Å². The minimum Gasteiger partial charge on any atom is -0.481 e. The lowest BCUT2D eigenvalue weighted by Crippen LogP contribution is -2.41. The van der Waals surface area contributed by atoms with Gasteiger partial charge in [0.25, 0.3) is 0 Å². The van der Waals surface area contributed by atoms with Gasteiger partial charge in [-0.15, -0.1) is 0 Å². The number of sulfonamides is 1. The Hall–Kier alpha value is -1.15. The molecule has 2 heterocycles. The van der Waals surface area contributed by atoms with Crippen molar-refractivity contribution in [2.24, 2.45) is 5.41 Å². The number of aliphatic carboxylic acids is 1. The second kappa shape index (κ2) is 4.75. The van der Waals surface area contributed by atoms with Gasteiger partial charge < -0.3 is 10.0 Å². The van der Waals surface area contributed by atoms with E-state index in [4.69, 9.17) is 5.11 Å². The molecule has 19 heavy (non-hydrogen) atoms. The van der Waals surface area contributed by atoms with Crippen molar-refractivity contribution in [1.29, 1.82) is 0 Å². The van der Waals surface area contributed by atoms with Gasteiger partial charge in [-0.2, -0.15) is 4.31 Å². The Morgan fingerprint density at radius 3 is 2.47 bits per heavy atom. The predicted molar refractivity (Wildman–Crippen MR) is 66.9 cm³/mol. The number of likely N-dealkylation sites (tertiary alicyclic amines) is 1. The maximum absolute atomic E-state index is 12.0. The Morgan fingerprint density at radius 1 is 1.32 bits per heavy atom. The number of carboxylic acid groups (broad SMARTS) is 1. The van der Waals surface area contributed by atoms with E-state index in [9.17, 15) is 18.0 Å². The number of hydrogen-bond donors (Lipinski definition) is 1. The number of carbonyl (C=O) groups excluding carboxylic acids is 1. The monoisotopic (exact) mass is 290 g/mol. The molecule has 0 bridgehead atoms. The number of amides is 1. The van der Waals surface area contributed by atoms with Crippen molar-refractivity contribution in [3.8, 4) is 0 Å². The second-order valence-corrected chi connectivity index (χ2v) is 7.52. The minimum absolute atomic E-state index is 0.0904. The molecular formula is C11H18N2O5S. The Labute approximate surface area is 112 Å². The molecular weight excluding hydrogens is 272 g/mol. The highest BCUT2D eigenvalue weighted by molar-refractivity contribution is 7.89. The van der Waals surface area contributed by atoms with Crippen LogP contribution in [0.1, 0.15) is 19.8 Å². The normalized spacial score (nSPS) is 30.7. The molecule has 1 atom stereocenters. The lowest BCUT2D eigenvalue weighted by Gasteiger charge is -2.22. The third-order valence-corrected chi connectivity index (χ3v) is 5.76. The third kappa shape index (κ3) is 2.74. The smallest absolute Gasteiger partial charge is 0.311 e. The average Bonchev–Trinajstić information content (AvgIpc) is 2.84. The number of hydrogen-bond acceptors (Lipinski definition) is 4. The van der Waals surface area contributed by atoms with Gasteiger partial charge in [-0.05, 0) is 19.8 Å². The summed E-state index contributed by atoms with van der Waals surface area (Å²) in [7, 11) is -3.29. The summed E-state index contributed by atoms with van der Waals surface area (Å²) in [4.78, 5) is 24.6. The molecule has 0 spiro atoms. The molecule has 1 unspecified atom stereocenters. The Balaban J connectivity index is 1.97. The van der Waals surface area contributed by atoms with Crippen LogP contribution >= 0.6 is 0 Å². The molecule has 108 valence electrons. The Morgan fingerprint density at radius 2 is 2.00 bits per heavy atom. The molecule has 2 saturated heterocycles. The second-order valence-electron chi connectivity index (χ2n) is 5.43. The molecule has 7 nitrogen and oxygen atoms in total. The molecule has 2 fully saturated rings. The van der Waals surface area contributed by atoms with Crippen LogP contribution in [0.25, 0.3) is 0 Å². The average molecular weight is 290 g/mol. The van der Waals surface area contributed by atoms with Crippen molar-refractivity contribution >= 4 is 21.9 Å². The van der Waals surface area contributed by atoms with Crippen molar-refractivity contribution in [3.63, 3.8) is 0 Å². The number of rotatable bonds is 3. The molecule has 2 aliphatic heterocycles. The first-order valence-electron chi connectivity index (χ1n) is 6.24. The van der Waals surface area contributed by atoms with Gasteiger partial charge in [0.05, 0.1) is 17.7 Å². The van der Waals surface area contributed by atoms with Gasteiger partial charge in [0.1, 0.15) is 0 Å². The van der Waals surface area contributed by atoms with E-state index in [1.807, 2.05) is 0 Å². The standard InChI is InChI=1S/C11H18N2O5S/c1-11(10(15)16)3-5-12(8-11)9(14)7-13-4-2-6-19(13,17)18/h2-8H2,1H3,(H,15,16). The van der Waals surface area contributed by atoms with Crippen LogP contribution in [0.3, 0.4) is 0 Å². The van der Waals surface area contributed by atoms with Gasteiger partial charge in [0.15, 0.2) is 0 Å². The zero-order valence-corrected chi connectivity index (χ0v) is 11.6. The molecule has 0 saturated carbocycles. The molecule has 8 heteroatoms. The highest BCUT2D eigenvalue weighted by Gasteiger charge is 2.43. The van der Waals surface area contributed by atoms with Crippen molar-refractivity contribution in [3.05, 3.63) is 0 Å². The molecule has 0 aromatic rings. The van der Waals surface area contributed by atoms with Gasteiger partial charge in [-0.25, -0.2) is 8.42 Å². The first-order chi connectivity index (χ1) is 8.74. The predicted octanol–water partition coefficient (Wildman–Crippen LogP) is -0.655. The van der Waals surface area contributed by atoms with Gasteiger partial charge in [-0.3, -0.25) is 9.59 Å². The van der Waals surface area contributed by atoms with Gasteiger partial charge >= 0.3 is 5.97 Å². The topological polar surface area (TPSA) is 95.0 Å². The maximum Gasteiger partial charge on any atom is 0.311 e. The highest BCUT2D eigenvalue weighted by atomic mass is 32.2. The first-order valence-corrected chi connectivity index (χ1v) is 7.84. The lowest BCUT2D eigenvalue weighted by molar-refractivity contribution is -0.147. The Kier molecular flexibility index (Phi) is 3.57. The molecule has 0 radical (unpaired) electrons. The molecule has 2 aliphatic rings. The first kappa shape index (κ1) is 14.3. The van der Waals surface area contributed by atoms with Crippen LogP contribution in [-0.4, -0.2) is 66.5 Å². The van der Waals surface area contributed by atoms with Crippen molar-refractivity contribution in [2.75, 3.05) is 31.9 Å². The van der Waals surface area contributed by atoms with E-state index in [2.05, 4.69) is 0 Å². The van der Waals surface area contributed by atoms with E-state index in [1.165, 1.54) is 9.21 Å². The van der Waals surface area contributed by atoms with Crippen LogP contribution < -0.4 is 0 Å². The summed E-state index contributed by atoms with van der Waals surface area (Å²) < 4.78 is 24.4. The summed E-state index contributed by atoms with van der Waals surface area (Å²) in [6.07, 6.45) is 0.948. The van der Waals surface area contributed by atoms with Crippen molar-refractivity contribution < 1.29 is 23.1 Å². The van der Waals surface area contributed by atoms with E-state index < -0.39 is 21.4 Å². The largest absolute Gasteiger partial charge is 0.481 e. The molecule has 1 N–H and O–H groups in total. The van der Waals surface area contributed by atoms with Crippen LogP contribution in [-0.2, 0) is 19.6 Å². The van der Waals surface area contributed by atoms with E-state index in [0.29, 0.717) is 25.9 Å². The fraction of sp³-hybridized carbons (Fsp3) is 0.818. The molecule has 0 aromatic heterocycles. The van der Waals surface area contributed by atoms with Crippen LogP contribution in [0.4, 0.5) is 0 Å². The van der Waals surface area contributed by atoms with Gasteiger partial charge in [-0.1, -0.05) is 0 Å². The molecule has 2 rings (SSSR count). The van der Waals surface area contributed by atoms with Crippen LogP contribution in [0, 0.1) is 5.41 Å². The van der Waals surface area contributed by atoms with Crippen LogP contribution in [0.15, 0.2) is 0 Å². The van der Waals surface area contributed by atoms with Gasteiger partial charge in [0, 0.05) is 19.6 Å². The summed E-state index contributed by atoms with van der Waals surface area (Å²) in [6.45, 7) is 2.33. The van der Waals surface area contributed by atoms with E-state index in [0.717, 1.165) is 0 Å². The zero-order chi connectivity index (χ0) is 14.3. The molecule has 0 aliphatic carbocycles. The van der Waals surface area contributed by atoms with Crippen molar-refractivity contribution in [1.82, 2.24) is 9.21 Å². The maximum atomic E-state index is 12.0. The van der Waals surface area contributed by atoms with Crippen LogP contribution in [0.5, 0.6) is 0 Å². The summed E-state index contributed by atoms with van der Waals surface area (Å²) in [5, 5.41) is 9.10. The quantitative estimate of drug-likeness (QED) is 0.745. The van der Waals surface area contributed by atoms with Crippen LogP contribution in [0.2, 0.25) is 0 Å². The number of carboxylic acids is 1. The number of nitrogens with zero attached hydrogens (tertiary/aromatic N) is 2. The summed E-state index contributed by atoms with van der Waals surface area (Å²) >= 11 is 0. The summed E-state index contributed by atoms with van der Waals surface area (Å²) in [5.41, 5.74) is -0.917. The van der Waals surface area contributed by atoms with Gasteiger partial charge in [0.2, 0.25) is 15.9 Å². The fourth-order valence-corrected chi connectivity index (χ4v) is 3.93. The SMILES string of the molecule is CC1(C(=O)O)CCN(C(=O)CN2CCCS2(=O)=O)C1.